The Morgan fingerprint density at radius 1 is 1.06 bits per heavy atom. The Labute approximate surface area is 210 Å². The van der Waals surface area contributed by atoms with Gasteiger partial charge in [0, 0.05) is 36.8 Å². The van der Waals surface area contributed by atoms with Gasteiger partial charge in [-0.1, -0.05) is 17.7 Å². The molecule has 10 heteroatoms. The van der Waals surface area contributed by atoms with Crippen molar-refractivity contribution in [3.63, 3.8) is 0 Å². The van der Waals surface area contributed by atoms with Crippen LogP contribution in [0.4, 0.5) is 11.4 Å². The highest BCUT2D eigenvalue weighted by atomic mass is 32.2. The molecule has 0 saturated carbocycles. The zero-order valence-electron chi connectivity index (χ0n) is 20.5. The quantitative estimate of drug-likeness (QED) is 0.468. The number of rotatable bonds is 6. The molecule has 3 amide bonds. The molecule has 0 radical (unpaired) electrons. The molecule has 1 N–H and O–H groups in total. The van der Waals surface area contributed by atoms with Crippen molar-refractivity contribution < 1.29 is 27.0 Å². The molecule has 1 unspecified atom stereocenters. The molecule has 0 bridgehead atoms. The highest BCUT2D eigenvalue weighted by Gasteiger charge is 2.49. The number of benzene rings is 2. The maximum absolute atomic E-state index is 13.3. The lowest BCUT2D eigenvalue weighted by atomic mass is 9.85. The van der Waals surface area contributed by atoms with E-state index in [-0.39, 0.29) is 35.7 Å². The second kappa shape index (κ2) is 8.70. The first kappa shape index (κ1) is 24.5. The van der Waals surface area contributed by atoms with Crippen LogP contribution in [0.25, 0.3) is 0 Å². The first-order valence-electron chi connectivity index (χ1n) is 12.0. The first-order chi connectivity index (χ1) is 17.0. The molecule has 2 aromatic rings. The Morgan fingerprint density at radius 3 is 2.42 bits per heavy atom. The van der Waals surface area contributed by atoms with E-state index in [9.17, 15) is 22.8 Å². The van der Waals surface area contributed by atoms with E-state index >= 15 is 0 Å². The topological polar surface area (TPSA) is 113 Å². The van der Waals surface area contributed by atoms with Crippen molar-refractivity contribution in [2.24, 2.45) is 5.92 Å². The Hall–Kier alpha value is -3.24. The number of nitrogens with zero attached hydrogens (tertiary/aromatic N) is 2. The molecule has 9 nitrogen and oxygen atoms in total. The summed E-state index contributed by atoms with van der Waals surface area (Å²) >= 11 is 0. The summed E-state index contributed by atoms with van der Waals surface area (Å²) in [5, 5.41) is 2.34. The van der Waals surface area contributed by atoms with Crippen LogP contribution in [0.1, 0.15) is 37.8 Å². The minimum Gasteiger partial charge on any atom is -0.371 e. The SMILES string of the molecule is Cc1ccc(S(=O)(=O)OCC2CN(c3ccc4c(c3)C(C)(C)C(=O)N4C3CCC(=O)NC3=O)C2)cc1. The van der Waals surface area contributed by atoms with Crippen molar-refractivity contribution in [3.8, 4) is 0 Å². The van der Waals surface area contributed by atoms with E-state index in [0.29, 0.717) is 25.2 Å². The van der Waals surface area contributed by atoms with Crippen molar-refractivity contribution in [3.05, 3.63) is 53.6 Å². The van der Waals surface area contributed by atoms with E-state index in [1.807, 2.05) is 39.0 Å². The van der Waals surface area contributed by atoms with Crippen LogP contribution >= 0.6 is 0 Å². The van der Waals surface area contributed by atoms with E-state index in [1.54, 1.807) is 24.3 Å². The second-order valence-corrected chi connectivity index (χ2v) is 11.9. The van der Waals surface area contributed by atoms with E-state index in [0.717, 1.165) is 16.8 Å². The molecular formula is C26H29N3O6S. The lowest BCUT2D eigenvalue weighted by molar-refractivity contribution is -0.136. The number of hydrogen-bond acceptors (Lipinski definition) is 7. The lowest BCUT2D eigenvalue weighted by Crippen LogP contribution is -2.55. The predicted octanol–water partition coefficient (Wildman–Crippen LogP) is 2.27. The van der Waals surface area contributed by atoms with Gasteiger partial charge in [-0.2, -0.15) is 8.42 Å². The van der Waals surface area contributed by atoms with E-state index in [2.05, 4.69) is 10.2 Å². The van der Waals surface area contributed by atoms with Gasteiger partial charge in [0.1, 0.15) is 6.04 Å². The van der Waals surface area contributed by atoms with Crippen LogP contribution < -0.4 is 15.1 Å². The maximum Gasteiger partial charge on any atom is 0.296 e. The predicted molar refractivity (Wildman–Crippen MR) is 133 cm³/mol. The molecule has 2 saturated heterocycles. The number of piperidine rings is 1. The largest absolute Gasteiger partial charge is 0.371 e. The molecule has 2 fully saturated rings. The van der Waals surface area contributed by atoms with Crippen molar-refractivity contribution in [2.75, 3.05) is 29.5 Å². The van der Waals surface area contributed by atoms with Crippen LogP contribution in [-0.2, 0) is 34.1 Å². The maximum atomic E-state index is 13.3. The van der Waals surface area contributed by atoms with Crippen LogP contribution in [0.2, 0.25) is 0 Å². The summed E-state index contributed by atoms with van der Waals surface area (Å²) in [7, 11) is -3.80. The smallest absolute Gasteiger partial charge is 0.296 e. The molecule has 190 valence electrons. The standard InChI is InChI=1S/C26H29N3O6S/c1-16-4-7-19(8-5-16)36(33,34)35-15-17-13-28(14-17)18-6-9-21-20(12-18)26(2,3)25(32)29(21)22-10-11-23(30)27-24(22)31/h4-9,12,17,22H,10-11,13-15H2,1-3H3,(H,27,30,31). The number of aryl methyl sites for hydroxylation is 1. The van der Waals surface area contributed by atoms with E-state index in [1.165, 1.54) is 4.90 Å². The summed E-state index contributed by atoms with van der Waals surface area (Å²) in [5.41, 5.74) is 2.60. The van der Waals surface area contributed by atoms with Crippen LogP contribution in [0.5, 0.6) is 0 Å². The van der Waals surface area contributed by atoms with Gasteiger partial charge in [-0.15, -0.1) is 0 Å². The van der Waals surface area contributed by atoms with Gasteiger partial charge in [0.15, 0.2) is 0 Å². The average molecular weight is 512 g/mol. The number of carbonyl (C=O) groups excluding carboxylic acids is 3. The minimum atomic E-state index is -3.80. The zero-order chi connectivity index (χ0) is 25.8. The Bertz CT molecular complexity index is 1350. The van der Waals surface area contributed by atoms with E-state index < -0.39 is 27.5 Å². The van der Waals surface area contributed by atoms with E-state index in [4.69, 9.17) is 4.18 Å². The number of imide groups is 1. The normalized spacial score (nSPS) is 21.9. The molecule has 0 aliphatic carbocycles. The molecule has 36 heavy (non-hydrogen) atoms. The molecule has 3 aliphatic rings. The highest BCUT2D eigenvalue weighted by molar-refractivity contribution is 7.86. The van der Waals surface area contributed by atoms with Gasteiger partial charge in [-0.05, 0) is 63.1 Å². The summed E-state index contributed by atoms with van der Waals surface area (Å²) in [5.74, 6) is -0.868. The summed E-state index contributed by atoms with van der Waals surface area (Å²) in [6, 6.07) is 11.6. The number of fused-ring (bicyclic) bond motifs is 1. The Balaban J connectivity index is 1.26. The fourth-order valence-electron chi connectivity index (χ4n) is 5.04. The van der Waals surface area contributed by atoms with Crippen molar-refractivity contribution >= 4 is 39.2 Å². The molecule has 5 rings (SSSR count). The summed E-state index contributed by atoms with van der Waals surface area (Å²) in [6.45, 7) is 6.94. The molecule has 3 heterocycles. The number of carbonyl (C=O) groups is 3. The molecule has 0 spiro atoms. The van der Waals surface area contributed by atoms with Crippen LogP contribution in [-0.4, -0.2) is 51.9 Å². The summed E-state index contributed by atoms with van der Waals surface area (Å²) in [4.78, 5) is 41.2. The van der Waals surface area contributed by atoms with Gasteiger partial charge < -0.3 is 4.90 Å². The van der Waals surface area contributed by atoms with Crippen LogP contribution in [0.15, 0.2) is 47.4 Å². The van der Waals surface area contributed by atoms with Gasteiger partial charge in [0.2, 0.25) is 17.7 Å². The zero-order valence-corrected chi connectivity index (χ0v) is 21.3. The van der Waals surface area contributed by atoms with Gasteiger partial charge in [0.25, 0.3) is 10.1 Å². The third kappa shape index (κ3) is 4.18. The Kier molecular flexibility index (Phi) is 5.91. The highest BCUT2D eigenvalue weighted by Crippen LogP contribution is 2.45. The monoisotopic (exact) mass is 511 g/mol. The number of hydrogen-bond donors (Lipinski definition) is 1. The number of nitrogens with one attached hydrogen (secondary N) is 1. The summed E-state index contributed by atoms with van der Waals surface area (Å²) in [6.07, 6.45) is 0.498. The molecule has 3 aliphatic heterocycles. The molecule has 0 aromatic heterocycles. The number of amides is 3. The van der Waals surface area contributed by atoms with Gasteiger partial charge in [-0.25, -0.2) is 0 Å². The van der Waals surface area contributed by atoms with Crippen molar-refractivity contribution in [2.45, 2.75) is 50.0 Å². The molecular weight excluding hydrogens is 482 g/mol. The fraction of sp³-hybridized carbons (Fsp3) is 0.423. The minimum absolute atomic E-state index is 0.0630. The molecule has 2 aromatic carbocycles. The van der Waals surface area contributed by atoms with Gasteiger partial charge in [0.05, 0.1) is 16.9 Å². The van der Waals surface area contributed by atoms with Gasteiger partial charge >= 0.3 is 0 Å². The fourth-order valence-corrected chi connectivity index (χ4v) is 6.02. The van der Waals surface area contributed by atoms with Crippen molar-refractivity contribution in [1.29, 1.82) is 0 Å². The Morgan fingerprint density at radius 2 is 1.75 bits per heavy atom. The third-order valence-corrected chi connectivity index (χ3v) is 8.58. The second-order valence-electron chi connectivity index (χ2n) is 10.3. The lowest BCUT2D eigenvalue weighted by Gasteiger charge is -2.41. The van der Waals surface area contributed by atoms with Gasteiger partial charge in [-0.3, -0.25) is 28.8 Å². The number of anilines is 2. The first-order valence-corrected chi connectivity index (χ1v) is 13.4. The third-order valence-electron chi connectivity index (χ3n) is 7.28. The summed E-state index contributed by atoms with van der Waals surface area (Å²) < 4.78 is 30.2. The van der Waals surface area contributed by atoms with Crippen molar-refractivity contribution in [1.82, 2.24) is 5.32 Å². The van der Waals surface area contributed by atoms with Crippen LogP contribution in [0, 0.1) is 12.8 Å². The molecule has 1 atom stereocenters. The van der Waals surface area contributed by atoms with Crippen LogP contribution in [0.3, 0.4) is 0 Å². The average Bonchev–Trinajstić information content (AvgIpc) is 2.98.